The van der Waals surface area contributed by atoms with Crippen LogP contribution in [0.4, 0.5) is 13.2 Å². The molecular formula is C19H22F3NO2S. The van der Waals surface area contributed by atoms with E-state index in [1.165, 1.54) is 24.3 Å². The van der Waals surface area contributed by atoms with Crippen LogP contribution in [0.2, 0.25) is 0 Å². The zero-order valence-corrected chi connectivity index (χ0v) is 15.5. The Morgan fingerprint density at radius 1 is 0.923 bits per heavy atom. The highest BCUT2D eigenvalue weighted by atomic mass is 32.2. The van der Waals surface area contributed by atoms with Crippen molar-refractivity contribution >= 4 is 10.0 Å². The number of nitrogens with one attached hydrogen (secondary N) is 1. The van der Waals surface area contributed by atoms with Crippen molar-refractivity contribution in [3.63, 3.8) is 0 Å². The number of sulfonamides is 1. The topological polar surface area (TPSA) is 46.2 Å². The van der Waals surface area contributed by atoms with Crippen molar-refractivity contribution < 1.29 is 21.6 Å². The van der Waals surface area contributed by atoms with Gasteiger partial charge in [-0.25, -0.2) is 26.3 Å². The molecule has 0 aliphatic rings. The van der Waals surface area contributed by atoms with E-state index in [1.54, 1.807) is 0 Å². The largest absolute Gasteiger partial charge is 0.240 e. The van der Waals surface area contributed by atoms with Crippen molar-refractivity contribution in [1.82, 2.24) is 4.72 Å². The lowest BCUT2D eigenvalue weighted by Gasteiger charge is -2.17. The third-order valence-corrected chi connectivity index (χ3v) is 5.59. The summed E-state index contributed by atoms with van der Waals surface area (Å²) in [6.07, 6.45) is 3.18. The summed E-state index contributed by atoms with van der Waals surface area (Å²) in [7, 11) is -3.73. The van der Waals surface area contributed by atoms with Crippen molar-refractivity contribution in [3.8, 4) is 11.1 Å². The molecule has 0 amide bonds. The van der Waals surface area contributed by atoms with Gasteiger partial charge < -0.3 is 0 Å². The molecule has 3 nitrogen and oxygen atoms in total. The third kappa shape index (κ3) is 4.86. The van der Waals surface area contributed by atoms with E-state index < -0.39 is 33.0 Å². The first kappa shape index (κ1) is 20.5. The standard InChI is InChI=1S/C19H22F3NO2S/c1-3-5-15(6-4-2)23-26(24,25)16-9-7-13(8-10-16)19-17(21)11-14(20)12-18(19)22/h7-12,15,23H,3-6H2,1-2H3. The van der Waals surface area contributed by atoms with Gasteiger partial charge in [-0.05, 0) is 30.5 Å². The summed E-state index contributed by atoms with van der Waals surface area (Å²) in [6, 6.07) is 6.21. The lowest BCUT2D eigenvalue weighted by molar-refractivity contribution is 0.494. The second-order valence-electron chi connectivity index (χ2n) is 6.16. The molecule has 0 spiro atoms. The minimum atomic E-state index is -3.73. The first-order valence-corrected chi connectivity index (χ1v) is 10.0. The molecule has 2 rings (SSSR count). The summed E-state index contributed by atoms with van der Waals surface area (Å²) in [4.78, 5) is 0.0152. The van der Waals surface area contributed by atoms with Crippen molar-refractivity contribution in [1.29, 1.82) is 0 Å². The Hall–Kier alpha value is -1.86. The van der Waals surface area contributed by atoms with E-state index in [9.17, 15) is 21.6 Å². The van der Waals surface area contributed by atoms with Gasteiger partial charge in [0, 0.05) is 18.2 Å². The Morgan fingerprint density at radius 3 is 1.88 bits per heavy atom. The molecule has 0 heterocycles. The quantitative estimate of drug-likeness (QED) is 0.694. The van der Waals surface area contributed by atoms with E-state index in [4.69, 9.17) is 0 Å². The van der Waals surface area contributed by atoms with Crippen LogP contribution in [-0.2, 0) is 10.0 Å². The monoisotopic (exact) mass is 385 g/mol. The first-order chi connectivity index (χ1) is 12.3. The Bertz CT molecular complexity index is 823. The van der Waals surface area contributed by atoms with Gasteiger partial charge in [-0.2, -0.15) is 0 Å². The average molecular weight is 385 g/mol. The summed E-state index contributed by atoms with van der Waals surface area (Å²) in [5.41, 5.74) is -0.254. The fourth-order valence-corrected chi connectivity index (χ4v) is 4.17. The zero-order valence-electron chi connectivity index (χ0n) is 14.7. The average Bonchev–Trinajstić information content (AvgIpc) is 2.54. The molecule has 0 bridgehead atoms. The molecule has 0 aliphatic carbocycles. The zero-order chi connectivity index (χ0) is 19.3. The second kappa shape index (κ2) is 8.68. The first-order valence-electron chi connectivity index (χ1n) is 8.55. The molecule has 0 radical (unpaired) electrons. The molecular weight excluding hydrogens is 363 g/mol. The van der Waals surface area contributed by atoms with Crippen molar-refractivity contribution in [2.24, 2.45) is 0 Å². The van der Waals surface area contributed by atoms with Gasteiger partial charge in [-0.3, -0.25) is 0 Å². The Labute approximate surface area is 152 Å². The normalized spacial score (nSPS) is 11.9. The number of hydrogen-bond donors (Lipinski definition) is 1. The minimum absolute atomic E-state index is 0.0152. The molecule has 0 aromatic heterocycles. The van der Waals surface area contributed by atoms with Gasteiger partial charge in [0.25, 0.3) is 0 Å². The summed E-state index contributed by atoms with van der Waals surface area (Å²) >= 11 is 0. The van der Waals surface area contributed by atoms with Crippen molar-refractivity contribution in [3.05, 3.63) is 53.8 Å². The van der Waals surface area contributed by atoms with Crippen LogP contribution in [-0.4, -0.2) is 14.5 Å². The smallest absolute Gasteiger partial charge is 0.208 e. The maximum absolute atomic E-state index is 13.9. The molecule has 0 unspecified atom stereocenters. The molecule has 0 atom stereocenters. The van der Waals surface area contributed by atoms with Crippen LogP contribution in [0.1, 0.15) is 39.5 Å². The predicted molar refractivity (Wildman–Crippen MR) is 95.7 cm³/mol. The van der Waals surface area contributed by atoms with E-state index >= 15 is 0 Å². The highest BCUT2D eigenvalue weighted by Crippen LogP contribution is 2.28. The van der Waals surface area contributed by atoms with Gasteiger partial charge in [0.2, 0.25) is 10.0 Å². The highest BCUT2D eigenvalue weighted by Gasteiger charge is 2.20. The highest BCUT2D eigenvalue weighted by molar-refractivity contribution is 7.89. The minimum Gasteiger partial charge on any atom is -0.208 e. The Balaban J connectivity index is 2.29. The number of benzene rings is 2. The van der Waals surface area contributed by atoms with Gasteiger partial charge >= 0.3 is 0 Å². The predicted octanol–water partition coefficient (Wildman–Crippen LogP) is 5.02. The van der Waals surface area contributed by atoms with Gasteiger partial charge in [0.1, 0.15) is 17.5 Å². The van der Waals surface area contributed by atoms with E-state index in [-0.39, 0.29) is 16.5 Å². The van der Waals surface area contributed by atoms with Crippen LogP contribution in [0.3, 0.4) is 0 Å². The Morgan fingerprint density at radius 2 is 1.42 bits per heavy atom. The van der Waals surface area contributed by atoms with Crippen LogP contribution in [0.15, 0.2) is 41.3 Å². The van der Waals surface area contributed by atoms with Gasteiger partial charge in [-0.15, -0.1) is 0 Å². The summed E-state index contributed by atoms with van der Waals surface area (Å²) < 4.78 is 68.4. The number of halogens is 3. The summed E-state index contributed by atoms with van der Waals surface area (Å²) in [6.45, 7) is 3.97. The number of rotatable bonds is 8. The summed E-state index contributed by atoms with van der Waals surface area (Å²) in [5, 5.41) is 0. The molecule has 0 fully saturated rings. The van der Waals surface area contributed by atoms with Gasteiger partial charge in [0.15, 0.2) is 0 Å². The van der Waals surface area contributed by atoms with Crippen molar-refractivity contribution in [2.45, 2.75) is 50.5 Å². The van der Waals surface area contributed by atoms with Crippen LogP contribution in [0.5, 0.6) is 0 Å². The van der Waals surface area contributed by atoms with E-state index in [0.29, 0.717) is 12.1 Å². The van der Waals surface area contributed by atoms with Crippen molar-refractivity contribution in [2.75, 3.05) is 0 Å². The molecule has 26 heavy (non-hydrogen) atoms. The van der Waals surface area contributed by atoms with Gasteiger partial charge in [0.05, 0.1) is 10.5 Å². The maximum atomic E-state index is 13.9. The van der Waals surface area contributed by atoms with Crippen LogP contribution < -0.4 is 4.72 Å². The van der Waals surface area contributed by atoms with E-state index in [2.05, 4.69) is 4.72 Å². The maximum Gasteiger partial charge on any atom is 0.240 e. The number of hydrogen-bond acceptors (Lipinski definition) is 2. The van der Waals surface area contributed by atoms with E-state index in [1.807, 2.05) is 13.8 Å². The second-order valence-corrected chi connectivity index (χ2v) is 7.88. The molecule has 0 saturated carbocycles. The third-order valence-electron chi connectivity index (χ3n) is 4.06. The molecule has 0 aliphatic heterocycles. The fourth-order valence-electron chi connectivity index (χ4n) is 2.87. The van der Waals surface area contributed by atoms with Crippen LogP contribution in [0.25, 0.3) is 11.1 Å². The van der Waals surface area contributed by atoms with Gasteiger partial charge in [-0.1, -0.05) is 38.8 Å². The molecule has 2 aromatic carbocycles. The molecule has 7 heteroatoms. The Kier molecular flexibility index (Phi) is 6.83. The van der Waals surface area contributed by atoms with Crippen LogP contribution in [0, 0.1) is 17.5 Å². The lowest BCUT2D eigenvalue weighted by Crippen LogP contribution is -2.34. The molecule has 1 N–H and O–H groups in total. The summed E-state index contributed by atoms with van der Waals surface area (Å²) in [5.74, 6) is -3.09. The molecule has 0 saturated heterocycles. The van der Waals surface area contributed by atoms with Crippen LogP contribution >= 0.6 is 0 Å². The molecule has 142 valence electrons. The SMILES string of the molecule is CCCC(CCC)NS(=O)(=O)c1ccc(-c2c(F)cc(F)cc2F)cc1. The van der Waals surface area contributed by atoms with E-state index in [0.717, 1.165) is 25.7 Å². The molecule has 2 aromatic rings. The lowest BCUT2D eigenvalue weighted by atomic mass is 10.0. The fraction of sp³-hybridized carbons (Fsp3) is 0.368.